The van der Waals surface area contributed by atoms with Gasteiger partial charge in [-0.15, -0.1) is 0 Å². The van der Waals surface area contributed by atoms with Crippen LogP contribution in [-0.2, 0) is 9.84 Å². The molecule has 0 bridgehead atoms. The van der Waals surface area contributed by atoms with Gasteiger partial charge in [-0.05, 0) is 33.6 Å². The Bertz CT molecular complexity index is 637. The molecule has 1 fully saturated rings. The average molecular weight is 311 g/mol. The molecule has 0 amide bonds. The molecule has 0 spiro atoms. The lowest BCUT2D eigenvalue weighted by atomic mass is 10.0. The van der Waals surface area contributed by atoms with E-state index in [4.69, 9.17) is 0 Å². The van der Waals surface area contributed by atoms with Gasteiger partial charge in [0.25, 0.3) is 0 Å². The number of anilines is 1. The van der Waals surface area contributed by atoms with Crippen LogP contribution in [0.2, 0.25) is 0 Å². The second-order valence-electron chi connectivity index (χ2n) is 5.94. The molecule has 2 heterocycles. The number of sulfone groups is 1. The summed E-state index contributed by atoms with van der Waals surface area (Å²) in [7, 11) is -3.04. The second kappa shape index (κ2) is 5.55. The van der Waals surface area contributed by atoms with E-state index in [0.717, 1.165) is 22.9 Å². The van der Waals surface area contributed by atoms with Gasteiger partial charge in [0.2, 0.25) is 0 Å². The molecule has 0 radical (unpaired) electrons. The number of aromatic nitrogens is 2. The largest absolute Gasteiger partial charge is 0.354 e. The Morgan fingerprint density at radius 1 is 1.14 bits per heavy atom. The van der Waals surface area contributed by atoms with Crippen molar-refractivity contribution in [1.29, 1.82) is 0 Å². The molecular formula is C15H25N3O2S. The fourth-order valence-electron chi connectivity index (χ4n) is 3.12. The summed E-state index contributed by atoms with van der Waals surface area (Å²) in [5.74, 6) is 1.83. The first-order valence-electron chi connectivity index (χ1n) is 7.55. The van der Waals surface area contributed by atoms with Crippen molar-refractivity contribution in [3.05, 3.63) is 17.1 Å². The topological polar surface area (TPSA) is 63.2 Å². The SMILES string of the molecule is CCC1(CC)CN(c2nc(C)nc(C)c2C)CCS1(=O)=O. The molecule has 0 aliphatic carbocycles. The van der Waals surface area contributed by atoms with Crippen LogP contribution in [0.3, 0.4) is 0 Å². The second-order valence-corrected chi connectivity index (χ2v) is 8.44. The van der Waals surface area contributed by atoms with E-state index in [-0.39, 0.29) is 5.75 Å². The highest BCUT2D eigenvalue weighted by Crippen LogP contribution is 2.34. The monoisotopic (exact) mass is 311 g/mol. The number of nitrogens with zero attached hydrogens (tertiary/aromatic N) is 3. The zero-order valence-corrected chi connectivity index (χ0v) is 14.4. The summed E-state index contributed by atoms with van der Waals surface area (Å²) in [6.07, 6.45) is 1.29. The summed E-state index contributed by atoms with van der Waals surface area (Å²) in [4.78, 5) is 11.1. The maximum absolute atomic E-state index is 12.5. The highest BCUT2D eigenvalue weighted by molar-refractivity contribution is 7.92. The van der Waals surface area contributed by atoms with Gasteiger partial charge < -0.3 is 4.90 Å². The molecule has 1 aromatic heterocycles. The fraction of sp³-hybridized carbons (Fsp3) is 0.733. The zero-order valence-electron chi connectivity index (χ0n) is 13.6. The van der Waals surface area contributed by atoms with Gasteiger partial charge in [-0.3, -0.25) is 0 Å². The van der Waals surface area contributed by atoms with Crippen molar-refractivity contribution in [3.8, 4) is 0 Å². The molecule has 0 atom stereocenters. The predicted octanol–water partition coefficient (Wildman–Crippen LogP) is 2.20. The van der Waals surface area contributed by atoms with Gasteiger partial charge in [0.05, 0.1) is 10.5 Å². The van der Waals surface area contributed by atoms with Crippen molar-refractivity contribution in [2.75, 3.05) is 23.7 Å². The van der Waals surface area contributed by atoms with E-state index < -0.39 is 14.6 Å². The molecule has 0 saturated carbocycles. The van der Waals surface area contributed by atoms with Gasteiger partial charge >= 0.3 is 0 Å². The third kappa shape index (κ3) is 2.65. The van der Waals surface area contributed by atoms with E-state index in [1.165, 1.54) is 0 Å². The van der Waals surface area contributed by atoms with E-state index in [9.17, 15) is 8.42 Å². The van der Waals surface area contributed by atoms with Crippen LogP contribution >= 0.6 is 0 Å². The van der Waals surface area contributed by atoms with Crippen molar-refractivity contribution in [2.24, 2.45) is 0 Å². The van der Waals surface area contributed by atoms with Crippen LogP contribution in [0.25, 0.3) is 0 Å². The van der Waals surface area contributed by atoms with E-state index in [2.05, 4.69) is 14.9 Å². The van der Waals surface area contributed by atoms with Crippen molar-refractivity contribution in [2.45, 2.75) is 52.2 Å². The van der Waals surface area contributed by atoms with Crippen LogP contribution in [0, 0.1) is 20.8 Å². The molecule has 2 rings (SSSR count). The number of hydrogen-bond acceptors (Lipinski definition) is 5. The van der Waals surface area contributed by atoms with Crippen molar-refractivity contribution in [1.82, 2.24) is 9.97 Å². The maximum atomic E-state index is 12.5. The Labute approximate surface area is 127 Å². The van der Waals surface area contributed by atoms with Gasteiger partial charge in [0.1, 0.15) is 11.6 Å². The van der Waals surface area contributed by atoms with Crippen molar-refractivity contribution < 1.29 is 8.42 Å². The third-order valence-corrected chi connectivity index (χ3v) is 7.58. The quantitative estimate of drug-likeness (QED) is 0.856. The Morgan fingerprint density at radius 3 is 2.33 bits per heavy atom. The zero-order chi connectivity index (χ0) is 15.8. The maximum Gasteiger partial charge on any atom is 0.159 e. The van der Waals surface area contributed by atoms with Crippen molar-refractivity contribution in [3.63, 3.8) is 0 Å². The van der Waals surface area contributed by atoms with Crippen molar-refractivity contribution >= 4 is 15.7 Å². The standard InChI is InChI=1S/C15H25N3O2S/c1-6-15(7-2)10-18(8-9-21(15,19)20)14-11(3)12(4)16-13(5)17-14/h6-10H2,1-5H3. The minimum absolute atomic E-state index is 0.205. The summed E-state index contributed by atoms with van der Waals surface area (Å²) in [5.41, 5.74) is 2.01. The normalized spacial score (nSPS) is 20.5. The predicted molar refractivity (Wildman–Crippen MR) is 85.6 cm³/mol. The highest BCUT2D eigenvalue weighted by atomic mass is 32.2. The van der Waals surface area contributed by atoms with Gasteiger partial charge in [-0.1, -0.05) is 13.8 Å². The molecule has 1 aliphatic rings. The van der Waals surface area contributed by atoms with Gasteiger partial charge in [0, 0.05) is 24.3 Å². The van der Waals surface area contributed by atoms with Crippen LogP contribution in [0.5, 0.6) is 0 Å². The molecule has 0 N–H and O–H groups in total. The minimum atomic E-state index is -3.04. The van der Waals surface area contributed by atoms with Crippen LogP contribution in [-0.4, -0.2) is 42.0 Å². The molecule has 6 heteroatoms. The lowest BCUT2D eigenvalue weighted by molar-refractivity contribution is 0.457. The van der Waals surface area contributed by atoms with Crippen LogP contribution < -0.4 is 4.90 Å². The molecule has 118 valence electrons. The molecule has 1 aliphatic heterocycles. The molecule has 1 saturated heterocycles. The number of hydrogen-bond donors (Lipinski definition) is 0. The summed E-state index contributed by atoms with van der Waals surface area (Å²) in [6, 6.07) is 0. The molecule has 0 unspecified atom stereocenters. The van der Waals surface area contributed by atoms with E-state index in [1.54, 1.807) is 0 Å². The van der Waals surface area contributed by atoms with E-state index in [1.807, 2.05) is 34.6 Å². The van der Waals surface area contributed by atoms with E-state index >= 15 is 0 Å². The molecule has 21 heavy (non-hydrogen) atoms. The highest BCUT2D eigenvalue weighted by Gasteiger charge is 2.45. The van der Waals surface area contributed by atoms with Crippen LogP contribution in [0.4, 0.5) is 5.82 Å². The van der Waals surface area contributed by atoms with Crippen LogP contribution in [0.1, 0.15) is 43.8 Å². The first-order chi connectivity index (χ1) is 9.76. The summed E-state index contributed by atoms with van der Waals surface area (Å²) in [5, 5.41) is 0. The summed E-state index contributed by atoms with van der Waals surface area (Å²) in [6.45, 7) is 10.8. The first kappa shape index (κ1) is 16.2. The summed E-state index contributed by atoms with van der Waals surface area (Å²) < 4.78 is 24.4. The Balaban J connectivity index is 2.45. The molecular weight excluding hydrogens is 286 g/mol. The lowest BCUT2D eigenvalue weighted by Gasteiger charge is -2.42. The third-order valence-electron chi connectivity index (χ3n) is 4.83. The number of aryl methyl sites for hydroxylation is 2. The van der Waals surface area contributed by atoms with E-state index in [0.29, 0.717) is 25.9 Å². The smallest absolute Gasteiger partial charge is 0.159 e. The van der Waals surface area contributed by atoms with Gasteiger partial charge in [-0.25, -0.2) is 18.4 Å². The Morgan fingerprint density at radius 2 is 1.76 bits per heavy atom. The Kier molecular flexibility index (Phi) is 4.29. The summed E-state index contributed by atoms with van der Waals surface area (Å²) >= 11 is 0. The number of rotatable bonds is 3. The fourth-order valence-corrected chi connectivity index (χ4v) is 5.25. The molecule has 5 nitrogen and oxygen atoms in total. The van der Waals surface area contributed by atoms with Gasteiger partial charge in [-0.2, -0.15) is 0 Å². The van der Waals surface area contributed by atoms with Gasteiger partial charge in [0.15, 0.2) is 9.84 Å². The molecule has 1 aromatic rings. The minimum Gasteiger partial charge on any atom is -0.354 e. The molecule has 0 aromatic carbocycles. The lowest BCUT2D eigenvalue weighted by Crippen LogP contribution is -2.56. The van der Waals surface area contributed by atoms with Crippen LogP contribution in [0.15, 0.2) is 0 Å². The Hall–Kier alpha value is -1.17. The first-order valence-corrected chi connectivity index (χ1v) is 9.20. The average Bonchev–Trinajstić information content (AvgIpc) is 2.43.